The number of carbonyl (C=O) groups excluding carboxylic acids is 6. The summed E-state index contributed by atoms with van der Waals surface area (Å²) in [7, 11) is 6.47. The van der Waals surface area contributed by atoms with Crippen LogP contribution in [0.4, 0.5) is 16.2 Å². The number of benzene rings is 1. The Bertz CT molecular complexity index is 1340. The monoisotopic (exact) mass is 572 g/mol. The van der Waals surface area contributed by atoms with Crippen molar-refractivity contribution in [3.8, 4) is 5.75 Å². The molecule has 13 nitrogen and oxygen atoms in total. The molecule has 0 saturated heterocycles. The Balaban J connectivity index is 1.81. The first kappa shape index (κ1) is 30.1. The van der Waals surface area contributed by atoms with E-state index in [0.717, 1.165) is 6.42 Å². The third-order valence-electron chi connectivity index (χ3n) is 8.49. The molecular weight excluding hydrogens is 536 g/mol. The molecule has 6 atom stereocenters. The van der Waals surface area contributed by atoms with Crippen molar-refractivity contribution in [3.05, 3.63) is 17.2 Å². The first-order valence-electron chi connectivity index (χ1n) is 13.5. The SMILES string of the molecule is CCCCOC(=O)Nc1cc(N(C)C)c2c(c1O)C(=O)C1C(=O)[C@@]3(O)C(=O)C(C(N)=O)C(=O)[C@H](N(C)C)[C@H]3C[C@H]1C2. The van der Waals surface area contributed by atoms with E-state index in [1.54, 1.807) is 19.0 Å². The van der Waals surface area contributed by atoms with Crippen LogP contribution < -0.4 is 16.0 Å². The van der Waals surface area contributed by atoms with Gasteiger partial charge in [0.15, 0.2) is 34.7 Å². The number of ether oxygens (including phenoxy) is 1. The maximum absolute atomic E-state index is 14.0. The number of phenolic OH excluding ortho intramolecular Hbond substituents is 1. The number of aliphatic hydroxyl groups is 1. The second-order valence-electron chi connectivity index (χ2n) is 11.4. The number of ketones is 4. The van der Waals surface area contributed by atoms with Gasteiger partial charge in [-0.1, -0.05) is 13.3 Å². The topological polar surface area (TPSA) is 197 Å². The van der Waals surface area contributed by atoms with Gasteiger partial charge in [-0.3, -0.25) is 34.2 Å². The third-order valence-corrected chi connectivity index (χ3v) is 8.49. The summed E-state index contributed by atoms with van der Waals surface area (Å²) in [4.78, 5) is 82.2. The Morgan fingerprint density at radius 1 is 1.15 bits per heavy atom. The van der Waals surface area contributed by atoms with E-state index in [-0.39, 0.29) is 30.7 Å². The lowest BCUT2D eigenvalue weighted by atomic mass is 9.52. The summed E-state index contributed by atoms with van der Waals surface area (Å²) in [6, 6.07) is 0.320. The molecule has 3 aliphatic carbocycles. The minimum absolute atomic E-state index is 0.0543. The van der Waals surface area contributed by atoms with Gasteiger partial charge in [0.05, 0.1) is 29.8 Å². The van der Waals surface area contributed by atoms with Gasteiger partial charge in [-0.25, -0.2) is 4.79 Å². The summed E-state index contributed by atoms with van der Waals surface area (Å²) in [6.45, 7) is 2.08. The van der Waals surface area contributed by atoms with Gasteiger partial charge in [0.2, 0.25) is 5.91 Å². The molecule has 2 fully saturated rings. The Morgan fingerprint density at radius 2 is 1.80 bits per heavy atom. The van der Waals surface area contributed by atoms with E-state index in [1.165, 1.54) is 25.1 Å². The van der Waals surface area contributed by atoms with Crippen LogP contribution in [0.5, 0.6) is 5.75 Å². The summed E-state index contributed by atoms with van der Waals surface area (Å²) in [6.07, 6.45) is 0.646. The van der Waals surface area contributed by atoms with Gasteiger partial charge in [0.1, 0.15) is 5.75 Å². The second-order valence-corrected chi connectivity index (χ2v) is 11.4. The zero-order valence-electron chi connectivity index (χ0n) is 23.7. The number of nitrogens with two attached hydrogens (primary N) is 1. The normalized spacial score (nSPS) is 29.0. The minimum atomic E-state index is -2.81. The van der Waals surface area contributed by atoms with E-state index in [0.29, 0.717) is 17.7 Å². The number of hydrogen-bond donors (Lipinski definition) is 4. The first-order chi connectivity index (χ1) is 19.2. The fourth-order valence-corrected chi connectivity index (χ4v) is 6.60. The van der Waals surface area contributed by atoms with Crippen molar-refractivity contribution < 1.29 is 43.7 Å². The molecule has 1 aromatic rings. The molecule has 1 aromatic carbocycles. The molecule has 0 bridgehead atoms. The summed E-state index contributed by atoms with van der Waals surface area (Å²) >= 11 is 0. The molecule has 0 aromatic heterocycles. The number of aromatic hydroxyl groups is 1. The largest absolute Gasteiger partial charge is 0.505 e. The van der Waals surface area contributed by atoms with Crippen LogP contribution in [0.1, 0.15) is 42.1 Å². The zero-order valence-corrected chi connectivity index (χ0v) is 23.7. The van der Waals surface area contributed by atoms with E-state index < -0.39 is 76.2 Å². The van der Waals surface area contributed by atoms with E-state index in [1.807, 2.05) is 6.92 Å². The van der Waals surface area contributed by atoms with Crippen LogP contribution in [-0.2, 0) is 30.3 Å². The van der Waals surface area contributed by atoms with Crippen LogP contribution in [0.2, 0.25) is 0 Å². The summed E-state index contributed by atoms with van der Waals surface area (Å²) in [5, 5.41) is 25.3. The number of amides is 2. The van der Waals surface area contributed by atoms with Crippen LogP contribution in [-0.4, -0.2) is 96.7 Å². The minimum Gasteiger partial charge on any atom is -0.505 e. The van der Waals surface area contributed by atoms with Crippen LogP contribution in [0.3, 0.4) is 0 Å². The lowest BCUT2D eigenvalue weighted by molar-refractivity contribution is -0.181. The van der Waals surface area contributed by atoms with Crippen LogP contribution >= 0.6 is 0 Å². The molecule has 222 valence electrons. The van der Waals surface area contributed by atoms with E-state index in [9.17, 15) is 39.0 Å². The Morgan fingerprint density at radius 3 is 2.37 bits per heavy atom. The van der Waals surface area contributed by atoms with Crippen molar-refractivity contribution >= 4 is 46.5 Å². The highest BCUT2D eigenvalue weighted by molar-refractivity contribution is 6.32. The number of likely N-dealkylation sites (N-methyl/N-ethyl adjacent to an activating group) is 1. The van der Waals surface area contributed by atoms with E-state index in [2.05, 4.69) is 5.32 Å². The highest BCUT2D eigenvalue weighted by Gasteiger charge is 2.69. The molecule has 0 spiro atoms. The summed E-state index contributed by atoms with van der Waals surface area (Å²) in [5.41, 5.74) is 3.13. The van der Waals surface area contributed by atoms with Gasteiger partial charge in [-0.15, -0.1) is 0 Å². The highest BCUT2D eigenvalue weighted by Crippen LogP contribution is 2.52. The maximum Gasteiger partial charge on any atom is 0.411 e. The molecular formula is C28H36N4O9. The number of nitrogens with zero attached hydrogens (tertiary/aromatic N) is 2. The first-order valence-corrected chi connectivity index (χ1v) is 13.5. The number of unbranched alkanes of at least 4 members (excludes halogenated alkanes) is 1. The van der Waals surface area contributed by atoms with E-state index in [4.69, 9.17) is 10.5 Å². The fraction of sp³-hybridized carbons (Fsp3) is 0.571. The second kappa shape index (κ2) is 10.9. The zero-order chi connectivity index (χ0) is 30.5. The molecule has 13 heteroatoms. The molecule has 3 aliphatic rings. The number of nitrogens with one attached hydrogen (secondary N) is 1. The molecule has 2 amide bonds. The van der Waals surface area contributed by atoms with E-state index >= 15 is 0 Å². The van der Waals surface area contributed by atoms with Gasteiger partial charge >= 0.3 is 6.09 Å². The van der Waals surface area contributed by atoms with Crippen LogP contribution in [0.15, 0.2) is 6.07 Å². The standard InChI is InChI=1S/C28H36N4O9/c1-6-7-8-41-27(39)30-15-11-16(31(2)3)13-9-12-10-14-20(32(4)5)23(35)19(26(29)38)25(37)28(14,40)24(36)17(12)22(34)18(13)21(15)33/h11-12,14,17,19-20,33,40H,6-10H2,1-5H3,(H2,29,38)(H,30,39)/t12-,14-,17?,19?,20-,28-/m1/s1. The summed E-state index contributed by atoms with van der Waals surface area (Å²) in [5.74, 6) is -11.5. The van der Waals surface area contributed by atoms with Crippen molar-refractivity contribution in [3.63, 3.8) is 0 Å². The lowest BCUT2D eigenvalue weighted by Gasteiger charge is -2.52. The molecule has 5 N–H and O–H groups in total. The predicted octanol–water partition coefficient (Wildman–Crippen LogP) is 0.282. The molecule has 41 heavy (non-hydrogen) atoms. The number of hydrogen-bond acceptors (Lipinski definition) is 11. The number of rotatable bonds is 7. The Labute approximate surface area is 237 Å². The average molecular weight is 573 g/mol. The molecule has 0 heterocycles. The van der Waals surface area contributed by atoms with Gasteiger partial charge in [0, 0.05) is 25.7 Å². The third kappa shape index (κ3) is 4.66. The molecule has 4 rings (SSSR count). The predicted molar refractivity (Wildman–Crippen MR) is 146 cm³/mol. The number of Topliss-reactive ketones (excluding diaryl/α,β-unsaturated/α-hetero) is 4. The highest BCUT2D eigenvalue weighted by atomic mass is 16.5. The smallest absolute Gasteiger partial charge is 0.411 e. The van der Waals surface area contributed by atoms with Crippen molar-refractivity contribution in [1.82, 2.24) is 4.90 Å². The van der Waals surface area contributed by atoms with Crippen molar-refractivity contribution in [2.45, 2.75) is 44.2 Å². The van der Waals surface area contributed by atoms with Crippen molar-refractivity contribution in [1.29, 1.82) is 0 Å². The van der Waals surface area contributed by atoms with Gasteiger partial charge in [-0.2, -0.15) is 0 Å². The Kier molecular flexibility index (Phi) is 7.98. The van der Waals surface area contributed by atoms with Gasteiger partial charge in [0.25, 0.3) is 0 Å². The molecule has 2 unspecified atom stereocenters. The maximum atomic E-state index is 14.0. The molecule has 2 saturated carbocycles. The number of phenols is 1. The van der Waals surface area contributed by atoms with Crippen LogP contribution in [0.25, 0.3) is 0 Å². The lowest BCUT2D eigenvalue weighted by Crippen LogP contribution is -2.74. The number of carbonyl (C=O) groups is 6. The summed E-state index contributed by atoms with van der Waals surface area (Å²) < 4.78 is 5.11. The van der Waals surface area contributed by atoms with Gasteiger partial charge < -0.3 is 25.6 Å². The molecule has 0 radical (unpaired) electrons. The number of primary amides is 1. The quantitative estimate of drug-likeness (QED) is 0.199. The van der Waals surface area contributed by atoms with Crippen LogP contribution in [0, 0.1) is 23.7 Å². The molecule has 0 aliphatic heterocycles. The fourth-order valence-electron chi connectivity index (χ4n) is 6.60. The van der Waals surface area contributed by atoms with Crippen molar-refractivity contribution in [2.75, 3.05) is 45.0 Å². The van der Waals surface area contributed by atoms with Crippen molar-refractivity contribution in [2.24, 2.45) is 29.4 Å². The average Bonchev–Trinajstić information content (AvgIpc) is 2.87. The number of fused-ring (bicyclic) bond motifs is 3. The van der Waals surface area contributed by atoms with Gasteiger partial charge in [-0.05, 0) is 50.9 Å². The Hall–Kier alpha value is -3.84. The number of anilines is 2.